The molecule has 2 aromatic rings. The van der Waals surface area contributed by atoms with Crippen molar-refractivity contribution in [2.75, 3.05) is 6.61 Å². The molecule has 7 nitrogen and oxygen atoms in total. The lowest BCUT2D eigenvalue weighted by Crippen LogP contribution is -2.63. The number of Topliss-reactive ketones (excluding diaryl/α,β-unsaturated/α-hetero) is 1. The Bertz CT molecular complexity index is 1540. The Kier molecular flexibility index (Phi) is 7.14. The van der Waals surface area contributed by atoms with Gasteiger partial charge in [-0.15, -0.1) is 0 Å². The van der Waals surface area contributed by atoms with Crippen molar-refractivity contribution >= 4 is 11.6 Å². The lowest BCUT2D eigenvalue weighted by molar-refractivity contribution is -0.201. The van der Waals surface area contributed by atoms with Crippen molar-refractivity contribution < 1.29 is 34.4 Å². The number of aliphatic hydroxyl groups excluding tert-OH is 3. The Hall–Kier alpha value is -2.94. The molecule has 1 saturated heterocycles. The van der Waals surface area contributed by atoms with E-state index in [1.807, 2.05) is 54.6 Å². The molecule has 1 heterocycles. The minimum Gasteiger partial charge on any atom is -0.393 e. The van der Waals surface area contributed by atoms with E-state index >= 15 is 0 Å². The summed E-state index contributed by atoms with van der Waals surface area (Å²) in [4.78, 5) is 26.0. The third-order valence-electron chi connectivity index (χ3n) is 11.9. The number of rotatable bonds is 6. The fraction of sp³-hybridized carbons (Fsp3) is 0.514. The predicted molar refractivity (Wildman–Crippen MR) is 163 cm³/mol. The molecule has 7 heteroatoms. The molecule has 3 N–H and O–H groups in total. The molecule has 7 rings (SSSR count). The van der Waals surface area contributed by atoms with Crippen LogP contribution in [0.4, 0.5) is 0 Å². The van der Waals surface area contributed by atoms with E-state index in [4.69, 9.17) is 9.47 Å². The number of benzene rings is 2. The number of hydrogen-bond donors (Lipinski definition) is 3. The van der Waals surface area contributed by atoms with Gasteiger partial charge in [0.25, 0.3) is 0 Å². The van der Waals surface area contributed by atoms with Crippen molar-refractivity contribution in [2.45, 2.75) is 83.1 Å². The summed E-state index contributed by atoms with van der Waals surface area (Å²) in [5.74, 6) is -0.294. The molecule has 0 unspecified atom stereocenters. The van der Waals surface area contributed by atoms with Crippen LogP contribution in [-0.2, 0) is 25.5 Å². The highest BCUT2D eigenvalue weighted by molar-refractivity contribution is 6.01. The van der Waals surface area contributed by atoms with E-state index in [0.717, 1.165) is 40.7 Å². The van der Waals surface area contributed by atoms with Crippen molar-refractivity contribution in [1.82, 2.24) is 0 Å². The lowest BCUT2D eigenvalue weighted by atomic mass is 9.46. The molecule has 3 saturated carbocycles. The van der Waals surface area contributed by atoms with Crippen LogP contribution in [0.25, 0.3) is 0 Å². The summed E-state index contributed by atoms with van der Waals surface area (Å²) in [5.41, 5.74) is 2.43. The first-order valence-electron chi connectivity index (χ1n) is 16.0. The van der Waals surface area contributed by atoms with Gasteiger partial charge in [0, 0.05) is 22.3 Å². The average molecular weight is 599 g/mol. The number of hydrogen-bond acceptors (Lipinski definition) is 7. The molecule has 0 aromatic heterocycles. The van der Waals surface area contributed by atoms with E-state index in [0.29, 0.717) is 19.3 Å². The van der Waals surface area contributed by atoms with Gasteiger partial charge in [-0.3, -0.25) is 9.59 Å². The van der Waals surface area contributed by atoms with Crippen molar-refractivity contribution in [1.29, 1.82) is 0 Å². The third-order valence-corrected chi connectivity index (χ3v) is 11.9. The van der Waals surface area contributed by atoms with Crippen LogP contribution < -0.4 is 0 Å². The summed E-state index contributed by atoms with van der Waals surface area (Å²) in [6.07, 6.45) is 6.07. The Balaban J connectivity index is 1.18. The van der Waals surface area contributed by atoms with Gasteiger partial charge in [0.1, 0.15) is 6.61 Å². The molecule has 0 radical (unpaired) electrons. The molecule has 2 aromatic carbocycles. The normalized spacial score (nSPS) is 39.6. The minimum atomic E-state index is -1.37. The number of carbonyl (C=O) groups is 2. The highest BCUT2D eigenvalue weighted by atomic mass is 16.7. The Morgan fingerprint density at radius 3 is 2.61 bits per heavy atom. The van der Waals surface area contributed by atoms with Crippen LogP contribution in [0.1, 0.15) is 81.1 Å². The maximum absolute atomic E-state index is 13.8. The van der Waals surface area contributed by atoms with Crippen LogP contribution >= 0.6 is 0 Å². The van der Waals surface area contributed by atoms with Crippen LogP contribution in [0, 0.1) is 28.6 Å². The first-order valence-corrected chi connectivity index (χ1v) is 16.0. The molecule has 5 aliphatic rings. The zero-order valence-corrected chi connectivity index (χ0v) is 25.6. The zero-order chi connectivity index (χ0) is 31.0. The summed E-state index contributed by atoms with van der Waals surface area (Å²) in [5, 5.41) is 32.0. The van der Waals surface area contributed by atoms with Crippen LogP contribution in [0.3, 0.4) is 0 Å². The van der Waals surface area contributed by atoms with Gasteiger partial charge in [-0.05, 0) is 79.7 Å². The molecule has 0 amide bonds. The molecule has 44 heavy (non-hydrogen) atoms. The molecule has 10 atom stereocenters. The molecular formula is C37H42O7. The van der Waals surface area contributed by atoms with Gasteiger partial charge in [-0.25, -0.2) is 0 Å². The summed E-state index contributed by atoms with van der Waals surface area (Å²) in [7, 11) is 0. The highest BCUT2D eigenvalue weighted by Crippen LogP contribution is 2.70. The van der Waals surface area contributed by atoms with E-state index in [2.05, 4.69) is 13.8 Å². The maximum Gasteiger partial charge on any atom is 0.193 e. The van der Waals surface area contributed by atoms with E-state index in [1.54, 1.807) is 19.1 Å². The van der Waals surface area contributed by atoms with E-state index in [9.17, 15) is 24.9 Å². The summed E-state index contributed by atoms with van der Waals surface area (Å²) >= 11 is 0. The van der Waals surface area contributed by atoms with E-state index in [-0.39, 0.29) is 29.3 Å². The molecule has 4 fully saturated rings. The fourth-order valence-electron chi connectivity index (χ4n) is 9.83. The van der Waals surface area contributed by atoms with E-state index in [1.165, 1.54) is 0 Å². The molecular weight excluding hydrogens is 556 g/mol. The van der Waals surface area contributed by atoms with Gasteiger partial charge in [0.15, 0.2) is 23.5 Å². The Morgan fingerprint density at radius 2 is 1.89 bits per heavy atom. The smallest absolute Gasteiger partial charge is 0.193 e. The largest absolute Gasteiger partial charge is 0.393 e. The Labute approximate surface area is 258 Å². The second-order valence-corrected chi connectivity index (χ2v) is 14.2. The van der Waals surface area contributed by atoms with Gasteiger partial charge in [-0.1, -0.05) is 74.0 Å². The van der Waals surface area contributed by atoms with Crippen molar-refractivity contribution in [3.63, 3.8) is 0 Å². The van der Waals surface area contributed by atoms with Crippen molar-refractivity contribution in [3.8, 4) is 0 Å². The summed E-state index contributed by atoms with van der Waals surface area (Å²) in [6, 6.07) is 15.9. The molecule has 0 spiro atoms. The molecule has 232 valence electrons. The summed E-state index contributed by atoms with van der Waals surface area (Å²) in [6.45, 7) is 5.28. The second kappa shape index (κ2) is 10.6. The molecule has 4 aliphatic carbocycles. The maximum atomic E-state index is 13.8. The zero-order valence-electron chi connectivity index (χ0n) is 25.6. The number of ketones is 2. The van der Waals surface area contributed by atoms with Crippen LogP contribution in [0.2, 0.25) is 0 Å². The number of allylic oxidation sites excluding steroid dienone is 4. The number of carbonyl (C=O) groups excluding carboxylic acids is 2. The quantitative estimate of drug-likeness (QED) is 0.432. The summed E-state index contributed by atoms with van der Waals surface area (Å²) < 4.78 is 13.4. The van der Waals surface area contributed by atoms with E-state index < -0.39 is 47.6 Å². The van der Waals surface area contributed by atoms with Gasteiger partial charge < -0.3 is 24.8 Å². The first kappa shape index (κ1) is 29.8. The van der Waals surface area contributed by atoms with Crippen LogP contribution in [0.5, 0.6) is 0 Å². The lowest BCUT2D eigenvalue weighted by Gasteiger charge is -2.59. The van der Waals surface area contributed by atoms with Gasteiger partial charge in [0.05, 0.1) is 18.3 Å². The number of ether oxygens (including phenoxy) is 2. The van der Waals surface area contributed by atoms with Gasteiger partial charge in [0.2, 0.25) is 0 Å². The minimum absolute atomic E-state index is 0.0000970. The predicted octanol–water partition coefficient (Wildman–Crippen LogP) is 4.93. The standard InChI is InChI=1S/C37H42O7/c1-21(39)24-9-7-22(8-10-24)15-23-5-4-6-25(16-23)34-43-32-18-29-28-12-11-26-17-27(40)13-14-35(26,2)33(28)30(41)19-36(29,3)37(32,44-34)31(42)20-38/h4-10,13-14,16-17,21,28-30,32-34,38-39,41H,11-12,15,18-20H2,1-3H3/t21-,28+,29+,30+,32-,33-,34-,35+,36+,37-/m1/s1. The Morgan fingerprint density at radius 1 is 1.11 bits per heavy atom. The number of fused-ring (bicyclic) bond motifs is 7. The SMILES string of the molecule is C[C@@H](O)c1ccc(Cc2cccc([C@@H]3O[C@@H]4C[C@H]5[C@@H]6CCC7=CC(=O)C=C[C@]7(C)[C@H]6[C@@H](O)C[C@]5(C)[C@]4(C(=O)CO)O3)c2)cc1. The number of aliphatic hydroxyl groups is 3. The van der Waals surface area contributed by atoms with Crippen molar-refractivity contribution in [2.24, 2.45) is 28.6 Å². The average Bonchev–Trinajstić information content (AvgIpc) is 3.50. The fourth-order valence-corrected chi connectivity index (χ4v) is 9.83. The van der Waals surface area contributed by atoms with Gasteiger partial charge in [-0.2, -0.15) is 0 Å². The van der Waals surface area contributed by atoms with Gasteiger partial charge >= 0.3 is 0 Å². The van der Waals surface area contributed by atoms with Crippen LogP contribution in [0.15, 0.2) is 72.3 Å². The third kappa shape index (κ3) is 4.27. The molecule has 0 bridgehead atoms. The highest BCUT2D eigenvalue weighted by Gasteiger charge is 2.75. The molecule has 1 aliphatic heterocycles. The second-order valence-electron chi connectivity index (χ2n) is 14.2. The monoisotopic (exact) mass is 598 g/mol. The van der Waals surface area contributed by atoms with Crippen LogP contribution in [-0.4, -0.2) is 51.3 Å². The first-order chi connectivity index (χ1) is 21.0. The van der Waals surface area contributed by atoms with Crippen molar-refractivity contribution in [3.05, 3.63) is 94.6 Å². The topological polar surface area (TPSA) is 113 Å².